The molecule has 138 valence electrons. The fourth-order valence-electron chi connectivity index (χ4n) is 2.71. The van der Waals surface area contributed by atoms with E-state index in [9.17, 15) is 9.18 Å². The summed E-state index contributed by atoms with van der Waals surface area (Å²) >= 11 is 1.43. The number of hydrogen-bond donors (Lipinski definition) is 2. The molecule has 0 aliphatic carbocycles. The molecule has 1 aliphatic rings. The van der Waals surface area contributed by atoms with Crippen LogP contribution in [0.15, 0.2) is 24.3 Å². The zero-order valence-corrected chi connectivity index (χ0v) is 15.1. The Kier molecular flexibility index (Phi) is 6.21. The van der Waals surface area contributed by atoms with Gasteiger partial charge in [0.1, 0.15) is 11.6 Å². The van der Waals surface area contributed by atoms with E-state index in [1.165, 1.54) is 24.2 Å². The van der Waals surface area contributed by atoms with Gasteiger partial charge in [-0.05, 0) is 31.4 Å². The van der Waals surface area contributed by atoms with Crippen molar-refractivity contribution in [1.82, 2.24) is 19.9 Å². The molecule has 1 saturated heterocycles. The zero-order valence-electron chi connectivity index (χ0n) is 14.3. The molecule has 1 fully saturated rings. The minimum Gasteiger partial charge on any atom is -0.368 e. The van der Waals surface area contributed by atoms with Crippen molar-refractivity contribution in [1.29, 1.82) is 0 Å². The summed E-state index contributed by atoms with van der Waals surface area (Å²) in [5.41, 5.74) is 5.98. The van der Waals surface area contributed by atoms with Crippen LogP contribution in [0, 0.1) is 5.82 Å². The number of amides is 1. The first kappa shape index (κ1) is 18.4. The number of piperidine rings is 1. The molecule has 7 nitrogen and oxygen atoms in total. The number of carbonyl (C=O) groups excluding carboxylic acids is 1. The second kappa shape index (κ2) is 8.79. The van der Waals surface area contributed by atoms with E-state index in [1.807, 2.05) is 4.90 Å². The first-order valence-electron chi connectivity index (χ1n) is 8.49. The Morgan fingerprint density at radius 3 is 2.73 bits per heavy atom. The zero-order chi connectivity index (χ0) is 18.4. The third kappa shape index (κ3) is 5.04. The number of nitrogens with one attached hydrogen (secondary N) is 1. The SMILES string of the molecule is Nc1nc(CSCC(=O)N2CCCCC2)nc(Nc2ccccc2F)n1. The van der Waals surface area contributed by atoms with Crippen molar-refractivity contribution < 1.29 is 9.18 Å². The van der Waals surface area contributed by atoms with Crippen molar-refractivity contribution in [3.05, 3.63) is 35.9 Å². The van der Waals surface area contributed by atoms with E-state index >= 15 is 0 Å². The summed E-state index contributed by atoms with van der Waals surface area (Å²) in [4.78, 5) is 26.4. The summed E-state index contributed by atoms with van der Waals surface area (Å²) in [6.45, 7) is 1.68. The van der Waals surface area contributed by atoms with Crippen LogP contribution in [0.4, 0.5) is 22.0 Å². The predicted octanol–water partition coefficient (Wildman–Crippen LogP) is 2.58. The molecule has 3 rings (SSSR count). The topological polar surface area (TPSA) is 97.0 Å². The van der Waals surface area contributed by atoms with Crippen molar-refractivity contribution in [3.63, 3.8) is 0 Å². The number of nitrogens with two attached hydrogens (primary N) is 1. The smallest absolute Gasteiger partial charge is 0.232 e. The molecule has 0 radical (unpaired) electrons. The van der Waals surface area contributed by atoms with E-state index in [0.717, 1.165) is 25.9 Å². The van der Waals surface area contributed by atoms with Crippen LogP contribution in [-0.4, -0.2) is 44.6 Å². The van der Waals surface area contributed by atoms with Gasteiger partial charge < -0.3 is 16.0 Å². The van der Waals surface area contributed by atoms with Gasteiger partial charge in [0.15, 0.2) is 0 Å². The second-order valence-electron chi connectivity index (χ2n) is 5.97. The van der Waals surface area contributed by atoms with E-state index in [4.69, 9.17) is 5.73 Å². The quantitative estimate of drug-likeness (QED) is 0.800. The molecule has 2 aromatic rings. The maximum Gasteiger partial charge on any atom is 0.232 e. The molecular formula is C17H21FN6OS. The van der Waals surface area contributed by atoms with Crippen LogP contribution >= 0.6 is 11.8 Å². The number of aromatic nitrogens is 3. The number of hydrogen-bond acceptors (Lipinski definition) is 7. The van der Waals surface area contributed by atoms with Crippen LogP contribution in [0.2, 0.25) is 0 Å². The monoisotopic (exact) mass is 376 g/mol. The van der Waals surface area contributed by atoms with Crippen molar-refractivity contribution in [3.8, 4) is 0 Å². The third-order valence-corrected chi connectivity index (χ3v) is 4.90. The summed E-state index contributed by atoms with van der Waals surface area (Å²) in [5.74, 6) is 1.22. The standard InChI is InChI=1S/C17H21FN6OS/c18-12-6-2-3-7-13(12)20-17-22-14(21-16(19)23-17)10-26-11-15(25)24-8-4-1-5-9-24/h2-3,6-7H,1,4-5,8-11H2,(H3,19,20,21,22,23). The number of thioether (sulfide) groups is 1. The normalized spacial score (nSPS) is 14.3. The van der Waals surface area contributed by atoms with Gasteiger partial charge in [0.2, 0.25) is 17.8 Å². The minimum atomic E-state index is -0.408. The van der Waals surface area contributed by atoms with E-state index < -0.39 is 5.82 Å². The average Bonchev–Trinajstić information content (AvgIpc) is 2.64. The van der Waals surface area contributed by atoms with Crippen LogP contribution in [0.1, 0.15) is 25.1 Å². The minimum absolute atomic E-state index is 0.0526. The van der Waals surface area contributed by atoms with Crippen molar-refractivity contribution in [2.45, 2.75) is 25.0 Å². The molecular weight excluding hydrogens is 355 g/mol. The lowest BCUT2D eigenvalue weighted by Gasteiger charge is -2.26. The number of rotatable bonds is 6. The van der Waals surface area contributed by atoms with Gasteiger partial charge in [-0.1, -0.05) is 12.1 Å². The first-order chi connectivity index (χ1) is 12.6. The number of nitrogen functional groups attached to an aromatic ring is 1. The molecule has 0 atom stereocenters. The van der Waals surface area contributed by atoms with Gasteiger partial charge in [-0.15, -0.1) is 11.8 Å². The van der Waals surface area contributed by atoms with E-state index in [-0.39, 0.29) is 23.5 Å². The van der Waals surface area contributed by atoms with Crippen LogP contribution < -0.4 is 11.1 Å². The third-order valence-electron chi connectivity index (χ3n) is 3.98. The van der Waals surface area contributed by atoms with Crippen molar-refractivity contribution in [2.75, 3.05) is 29.9 Å². The fraction of sp³-hybridized carbons (Fsp3) is 0.412. The van der Waals surface area contributed by atoms with E-state index in [1.54, 1.807) is 18.2 Å². The Labute approximate surface area is 155 Å². The molecule has 0 spiro atoms. The van der Waals surface area contributed by atoms with Gasteiger partial charge in [0.05, 0.1) is 17.2 Å². The molecule has 1 aromatic heterocycles. The Balaban J connectivity index is 1.57. The first-order valence-corrected chi connectivity index (χ1v) is 9.65. The molecule has 0 unspecified atom stereocenters. The summed E-state index contributed by atoms with van der Waals surface area (Å²) in [6.07, 6.45) is 3.34. The number of para-hydroxylation sites is 1. The molecule has 9 heteroatoms. The Hall–Kier alpha value is -2.42. The number of anilines is 3. The summed E-state index contributed by atoms with van der Waals surface area (Å²) in [5, 5.41) is 2.80. The molecule has 0 saturated carbocycles. The lowest BCUT2D eigenvalue weighted by molar-refractivity contribution is -0.129. The Morgan fingerprint density at radius 2 is 1.96 bits per heavy atom. The van der Waals surface area contributed by atoms with Crippen LogP contribution in [0.3, 0.4) is 0 Å². The second-order valence-corrected chi connectivity index (χ2v) is 6.96. The van der Waals surface area contributed by atoms with Crippen molar-refractivity contribution in [2.24, 2.45) is 0 Å². The summed E-state index contributed by atoms with van der Waals surface area (Å²) in [6, 6.07) is 6.24. The number of halogens is 1. The molecule has 26 heavy (non-hydrogen) atoms. The molecule has 1 amide bonds. The highest BCUT2D eigenvalue weighted by molar-refractivity contribution is 7.99. The van der Waals surface area contributed by atoms with Gasteiger partial charge in [-0.25, -0.2) is 4.39 Å². The van der Waals surface area contributed by atoms with E-state index in [2.05, 4.69) is 20.3 Å². The fourth-order valence-corrected chi connectivity index (χ4v) is 3.48. The summed E-state index contributed by atoms with van der Waals surface area (Å²) < 4.78 is 13.7. The van der Waals surface area contributed by atoms with Crippen LogP contribution in [0.5, 0.6) is 0 Å². The molecule has 3 N–H and O–H groups in total. The average molecular weight is 376 g/mol. The van der Waals surface area contributed by atoms with Gasteiger partial charge in [-0.3, -0.25) is 4.79 Å². The Morgan fingerprint density at radius 1 is 1.19 bits per heavy atom. The maximum absolute atomic E-state index is 13.7. The van der Waals surface area contributed by atoms with Gasteiger partial charge in [0.25, 0.3) is 0 Å². The summed E-state index contributed by atoms with van der Waals surface area (Å²) in [7, 11) is 0. The van der Waals surface area contributed by atoms with Gasteiger partial charge in [0, 0.05) is 13.1 Å². The largest absolute Gasteiger partial charge is 0.368 e. The molecule has 0 bridgehead atoms. The highest BCUT2D eigenvalue weighted by atomic mass is 32.2. The number of likely N-dealkylation sites (tertiary alicyclic amines) is 1. The molecule has 1 aromatic carbocycles. The molecule has 2 heterocycles. The highest BCUT2D eigenvalue weighted by Crippen LogP contribution is 2.19. The van der Waals surface area contributed by atoms with Crippen LogP contribution in [0.25, 0.3) is 0 Å². The van der Waals surface area contributed by atoms with Gasteiger partial charge in [-0.2, -0.15) is 15.0 Å². The predicted molar refractivity (Wildman–Crippen MR) is 101 cm³/mol. The number of nitrogens with zero attached hydrogens (tertiary/aromatic N) is 4. The van der Waals surface area contributed by atoms with E-state index in [0.29, 0.717) is 17.3 Å². The maximum atomic E-state index is 13.7. The lowest BCUT2D eigenvalue weighted by atomic mass is 10.1. The molecule has 1 aliphatic heterocycles. The van der Waals surface area contributed by atoms with Gasteiger partial charge >= 0.3 is 0 Å². The Bertz CT molecular complexity index is 769. The lowest BCUT2D eigenvalue weighted by Crippen LogP contribution is -2.36. The highest BCUT2D eigenvalue weighted by Gasteiger charge is 2.16. The van der Waals surface area contributed by atoms with Crippen LogP contribution in [-0.2, 0) is 10.5 Å². The number of carbonyl (C=O) groups is 1. The number of benzene rings is 1. The van der Waals surface area contributed by atoms with Crippen molar-refractivity contribution >= 4 is 35.3 Å².